The summed E-state index contributed by atoms with van der Waals surface area (Å²) in [6.45, 7) is 6.17. The van der Waals surface area contributed by atoms with Gasteiger partial charge in [-0.3, -0.25) is 10.2 Å². The van der Waals surface area contributed by atoms with Crippen LogP contribution in [0.15, 0.2) is 0 Å². The van der Waals surface area contributed by atoms with E-state index < -0.39 is 42.1 Å². The van der Waals surface area contributed by atoms with Crippen molar-refractivity contribution in [3.8, 4) is 0 Å². The SMILES string of the molecule is CC(=N)N[C@H]1C(=O)O[C@H](COC(C)=O)[C@@H]2OC(C)(C)O[C@@H]21. The van der Waals surface area contributed by atoms with Gasteiger partial charge in [0.05, 0.1) is 5.84 Å². The van der Waals surface area contributed by atoms with Crippen LogP contribution >= 0.6 is 0 Å². The minimum atomic E-state index is -0.881. The van der Waals surface area contributed by atoms with Gasteiger partial charge in [-0.25, -0.2) is 4.79 Å². The fourth-order valence-corrected chi connectivity index (χ4v) is 2.49. The fraction of sp³-hybridized carbons (Fsp3) is 0.769. The van der Waals surface area contributed by atoms with Crippen molar-refractivity contribution >= 4 is 17.8 Å². The molecule has 0 radical (unpaired) electrons. The van der Waals surface area contributed by atoms with Crippen LogP contribution in [0.5, 0.6) is 0 Å². The maximum Gasteiger partial charge on any atom is 0.331 e. The molecule has 2 aliphatic heterocycles. The molecule has 8 heteroatoms. The number of hydrogen-bond acceptors (Lipinski definition) is 7. The van der Waals surface area contributed by atoms with E-state index in [2.05, 4.69) is 5.32 Å². The van der Waals surface area contributed by atoms with Crippen LogP contribution in [0.1, 0.15) is 27.7 Å². The second-order valence-electron chi connectivity index (χ2n) is 5.59. The number of esters is 2. The number of amidine groups is 1. The van der Waals surface area contributed by atoms with Crippen molar-refractivity contribution in [2.24, 2.45) is 0 Å². The maximum absolute atomic E-state index is 12.1. The third-order valence-electron chi connectivity index (χ3n) is 3.20. The first-order valence-electron chi connectivity index (χ1n) is 6.71. The van der Waals surface area contributed by atoms with Crippen molar-refractivity contribution < 1.29 is 28.5 Å². The Kier molecular flexibility index (Phi) is 4.20. The normalized spacial score (nSPS) is 33.8. The van der Waals surface area contributed by atoms with Gasteiger partial charge in [-0.05, 0) is 20.8 Å². The number of carbonyl (C=O) groups is 2. The number of cyclic esters (lactones) is 1. The molecule has 2 N–H and O–H groups in total. The van der Waals surface area contributed by atoms with Gasteiger partial charge in [-0.2, -0.15) is 0 Å². The minimum absolute atomic E-state index is 0.0853. The largest absolute Gasteiger partial charge is 0.462 e. The summed E-state index contributed by atoms with van der Waals surface area (Å²) in [5, 5.41) is 10.2. The van der Waals surface area contributed by atoms with Crippen LogP contribution in [-0.2, 0) is 28.5 Å². The summed E-state index contributed by atoms with van der Waals surface area (Å²) in [5.41, 5.74) is 0. The summed E-state index contributed by atoms with van der Waals surface area (Å²) in [6, 6.07) is -0.817. The summed E-state index contributed by atoms with van der Waals surface area (Å²) >= 11 is 0. The van der Waals surface area contributed by atoms with Crippen molar-refractivity contribution in [2.75, 3.05) is 6.61 Å². The standard InChI is InChI=1S/C13H20N2O6/c1-6(14)15-9-11-10(20-13(3,4)21-11)8(19-12(9)17)5-18-7(2)16/h8-11H,5H2,1-4H3,(H2,14,15)/t8-,9-,10+,11-/m1/s1. The number of nitrogens with one attached hydrogen (secondary N) is 2. The fourth-order valence-electron chi connectivity index (χ4n) is 2.49. The Labute approximate surface area is 122 Å². The van der Waals surface area contributed by atoms with E-state index in [9.17, 15) is 9.59 Å². The third kappa shape index (κ3) is 3.51. The van der Waals surface area contributed by atoms with Gasteiger partial charge in [0.15, 0.2) is 17.9 Å². The first-order chi connectivity index (χ1) is 9.69. The van der Waals surface area contributed by atoms with Gasteiger partial charge in [0, 0.05) is 6.92 Å². The van der Waals surface area contributed by atoms with Crippen molar-refractivity contribution in [3.63, 3.8) is 0 Å². The maximum atomic E-state index is 12.1. The Hall–Kier alpha value is -1.67. The van der Waals surface area contributed by atoms with Gasteiger partial charge in [-0.15, -0.1) is 0 Å². The number of carbonyl (C=O) groups excluding carboxylic acids is 2. The summed E-state index contributed by atoms with van der Waals surface area (Å²) in [6.07, 6.45) is -1.90. The topological polar surface area (TPSA) is 107 Å². The average Bonchev–Trinajstić information content (AvgIpc) is 2.66. The Bertz CT molecular complexity index is 464. The molecule has 0 aromatic rings. The quantitative estimate of drug-likeness (QED) is 0.427. The molecule has 0 spiro atoms. The molecule has 8 nitrogen and oxygen atoms in total. The monoisotopic (exact) mass is 300 g/mol. The summed E-state index contributed by atoms with van der Waals surface area (Å²) < 4.78 is 21.7. The molecule has 2 fully saturated rings. The highest BCUT2D eigenvalue weighted by molar-refractivity contribution is 5.86. The molecule has 2 aliphatic rings. The molecule has 2 rings (SSSR count). The van der Waals surface area contributed by atoms with E-state index in [1.807, 2.05) is 0 Å². The van der Waals surface area contributed by atoms with Gasteiger partial charge >= 0.3 is 11.9 Å². The summed E-state index contributed by atoms with van der Waals surface area (Å²) in [4.78, 5) is 23.0. The van der Waals surface area contributed by atoms with Gasteiger partial charge in [0.1, 0.15) is 18.8 Å². The smallest absolute Gasteiger partial charge is 0.331 e. The van der Waals surface area contributed by atoms with Crippen molar-refractivity contribution in [1.29, 1.82) is 5.41 Å². The summed E-state index contributed by atoms with van der Waals surface area (Å²) in [7, 11) is 0. The molecule has 118 valence electrons. The van der Waals surface area contributed by atoms with Gasteiger partial charge in [-0.1, -0.05) is 0 Å². The molecular weight excluding hydrogens is 280 g/mol. The molecule has 0 aliphatic carbocycles. The van der Waals surface area contributed by atoms with Gasteiger partial charge in [0.2, 0.25) is 0 Å². The van der Waals surface area contributed by atoms with E-state index in [0.29, 0.717) is 0 Å². The van der Waals surface area contributed by atoms with E-state index in [-0.39, 0.29) is 12.4 Å². The van der Waals surface area contributed by atoms with Crippen LogP contribution < -0.4 is 5.32 Å². The highest BCUT2D eigenvalue weighted by Gasteiger charge is 2.56. The van der Waals surface area contributed by atoms with E-state index in [4.69, 9.17) is 24.4 Å². The molecule has 0 amide bonds. The number of fused-ring (bicyclic) bond motifs is 1. The Morgan fingerprint density at radius 3 is 2.52 bits per heavy atom. The van der Waals surface area contributed by atoms with Crippen LogP contribution in [0.2, 0.25) is 0 Å². The highest BCUT2D eigenvalue weighted by atomic mass is 16.8. The predicted octanol–water partition coefficient (Wildman–Crippen LogP) is -0.0496. The lowest BCUT2D eigenvalue weighted by atomic mass is 9.98. The van der Waals surface area contributed by atoms with Crippen LogP contribution in [0.25, 0.3) is 0 Å². The van der Waals surface area contributed by atoms with Crippen molar-refractivity contribution in [3.05, 3.63) is 0 Å². The van der Waals surface area contributed by atoms with Crippen molar-refractivity contribution in [2.45, 2.75) is 57.8 Å². The van der Waals surface area contributed by atoms with Crippen LogP contribution in [0.3, 0.4) is 0 Å². The summed E-state index contributed by atoms with van der Waals surface area (Å²) in [5.74, 6) is -1.77. The molecule has 0 bridgehead atoms. The second-order valence-corrected chi connectivity index (χ2v) is 5.59. The number of hydrogen-bond donors (Lipinski definition) is 2. The lowest BCUT2D eigenvalue weighted by molar-refractivity contribution is -0.182. The second kappa shape index (κ2) is 5.61. The molecular formula is C13H20N2O6. The first kappa shape index (κ1) is 15.7. The Morgan fingerprint density at radius 1 is 1.33 bits per heavy atom. The highest BCUT2D eigenvalue weighted by Crippen LogP contribution is 2.36. The minimum Gasteiger partial charge on any atom is -0.462 e. The molecule has 0 saturated carbocycles. The van der Waals surface area contributed by atoms with E-state index >= 15 is 0 Å². The molecule has 4 atom stereocenters. The van der Waals surface area contributed by atoms with E-state index in [1.165, 1.54) is 13.8 Å². The lowest BCUT2D eigenvalue weighted by Gasteiger charge is -2.35. The molecule has 0 unspecified atom stereocenters. The molecule has 2 saturated heterocycles. The Morgan fingerprint density at radius 2 is 1.95 bits per heavy atom. The van der Waals surface area contributed by atoms with Gasteiger partial charge in [0.25, 0.3) is 0 Å². The lowest BCUT2D eigenvalue weighted by Crippen LogP contribution is -2.61. The predicted molar refractivity (Wildman–Crippen MR) is 70.7 cm³/mol. The first-order valence-corrected chi connectivity index (χ1v) is 6.71. The molecule has 0 aromatic carbocycles. The van der Waals surface area contributed by atoms with Crippen LogP contribution in [0, 0.1) is 5.41 Å². The number of rotatable bonds is 3. The van der Waals surface area contributed by atoms with Crippen LogP contribution in [0.4, 0.5) is 0 Å². The average molecular weight is 300 g/mol. The molecule has 2 heterocycles. The number of ether oxygens (including phenoxy) is 4. The zero-order valence-corrected chi connectivity index (χ0v) is 12.5. The van der Waals surface area contributed by atoms with Crippen molar-refractivity contribution in [1.82, 2.24) is 5.32 Å². The molecule has 0 aromatic heterocycles. The van der Waals surface area contributed by atoms with Gasteiger partial charge < -0.3 is 24.3 Å². The Balaban J connectivity index is 2.17. The van der Waals surface area contributed by atoms with E-state index in [1.54, 1.807) is 13.8 Å². The van der Waals surface area contributed by atoms with Crippen LogP contribution in [-0.4, -0.2) is 54.5 Å². The zero-order chi connectivity index (χ0) is 15.8. The molecule has 21 heavy (non-hydrogen) atoms. The zero-order valence-electron chi connectivity index (χ0n) is 12.5. The third-order valence-corrected chi connectivity index (χ3v) is 3.20. The van der Waals surface area contributed by atoms with E-state index in [0.717, 1.165) is 0 Å².